The van der Waals surface area contributed by atoms with Crippen molar-refractivity contribution in [2.45, 2.75) is 13.8 Å². The third kappa shape index (κ3) is 4.97. The predicted molar refractivity (Wildman–Crippen MR) is 110 cm³/mol. The summed E-state index contributed by atoms with van der Waals surface area (Å²) in [4.78, 5) is 24.3. The highest BCUT2D eigenvalue weighted by atomic mass is 35.5. The first-order valence-electron chi connectivity index (χ1n) is 8.97. The summed E-state index contributed by atoms with van der Waals surface area (Å²) < 4.78 is 46.1. The van der Waals surface area contributed by atoms with E-state index in [2.05, 4.69) is 5.32 Å². The summed E-state index contributed by atoms with van der Waals surface area (Å²) in [7, 11) is 0. The van der Waals surface area contributed by atoms with E-state index >= 15 is 0 Å². The Bertz CT molecular complexity index is 1180. The summed E-state index contributed by atoms with van der Waals surface area (Å²) in [6, 6.07) is 8.62. The van der Waals surface area contributed by atoms with Gasteiger partial charge in [0.1, 0.15) is 17.4 Å². The molecule has 0 aliphatic carbocycles. The topological polar surface area (TPSA) is 67.4 Å². The number of amides is 3. The van der Waals surface area contributed by atoms with Gasteiger partial charge in [0.25, 0.3) is 5.91 Å². The molecule has 160 valence electrons. The van der Waals surface area contributed by atoms with Crippen LogP contribution in [0, 0.1) is 31.3 Å². The van der Waals surface area contributed by atoms with Gasteiger partial charge in [-0.3, -0.25) is 10.1 Å². The number of halogens is 4. The van der Waals surface area contributed by atoms with E-state index in [1.165, 1.54) is 24.3 Å². The zero-order chi connectivity index (χ0) is 22.7. The second-order valence-electron chi connectivity index (χ2n) is 6.57. The molecule has 0 aromatic heterocycles. The lowest BCUT2D eigenvalue weighted by molar-refractivity contribution is 0.0963. The number of hydrogen-bond donors (Lipinski definition) is 2. The number of benzene rings is 3. The third-order valence-electron chi connectivity index (χ3n) is 4.36. The molecule has 3 rings (SSSR count). The molecule has 3 aromatic rings. The van der Waals surface area contributed by atoms with Gasteiger partial charge in [-0.2, -0.15) is 0 Å². The molecule has 0 spiro atoms. The second-order valence-corrected chi connectivity index (χ2v) is 6.95. The fourth-order valence-corrected chi connectivity index (χ4v) is 3.01. The molecule has 0 fully saturated rings. The van der Waals surface area contributed by atoms with Crippen LogP contribution in [-0.2, 0) is 0 Å². The molecule has 5 nitrogen and oxygen atoms in total. The minimum absolute atomic E-state index is 0.0741. The van der Waals surface area contributed by atoms with Crippen molar-refractivity contribution in [3.05, 3.63) is 87.7 Å². The number of carbonyl (C=O) groups excluding carboxylic acids is 2. The van der Waals surface area contributed by atoms with Crippen molar-refractivity contribution in [3.8, 4) is 11.5 Å². The Morgan fingerprint density at radius 1 is 0.935 bits per heavy atom. The van der Waals surface area contributed by atoms with Gasteiger partial charge >= 0.3 is 6.03 Å². The standard InChI is InChI=1S/C22H16ClF3N2O3/c1-11-9-18(31-17-8-7-13(24)10-16(17)26)19(23)12(2)20(11)27-22(30)28-21(29)14-5-3-4-6-15(14)25/h3-10H,1-2H3,(H2,27,28,29,30). The highest BCUT2D eigenvalue weighted by molar-refractivity contribution is 6.33. The number of urea groups is 1. The van der Waals surface area contributed by atoms with Gasteiger partial charge in [-0.25, -0.2) is 18.0 Å². The Hall–Kier alpha value is -3.52. The van der Waals surface area contributed by atoms with Gasteiger partial charge in [-0.1, -0.05) is 23.7 Å². The van der Waals surface area contributed by atoms with Gasteiger partial charge in [-0.05, 0) is 55.3 Å². The number of hydrogen-bond acceptors (Lipinski definition) is 3. The summed E-state index contributed by atoms with van der Waals surface area (Å²) in [5, 5.41) is 4.60. The molecule has 0 saturated carbocycles. The number of nitrogens with one attached hydrogen (secondary N) is 2. The SMILES string of the molecule is Cc1cc(Oc2ccc(F)cc2F)c(Cl)c(C)c1NC(=O)NC(=O)c1ccccc1F. The molecule has 0 bridgehead atoms. The third-order valence-corrected chi connectivity index (χ3v) is 4.83. The van der Waals surface area contributed by atoms with E-state index in [1.54, 1.807) is 13.8 Å². The molecule has 0 aliphatic heterocycles. The second kappa shape index (κ2) is 9.09. The maximum absolute atomic E-state index is 13.9. The van der Waals surface area contributed by atoms with Gasteiger partial charge < -0.3 is 10.1 Å². The lowest BCUT2D eigenvalue weighted by atomic mass is 10.1. The van der Waals surface area contributed by atoms with Crippen LogP contribution in [0.2, 0.25) is 5.02 Å². The van der Waals surface area contributed by atoms with Crippen LogP contribution in [0.25, 0.3) is 0 Å². The average Bonchev–Trinajstić information content (AvgIpc) is 2.71. The Kier molecular flexibility index (Phi) is 6.50. The maximum Gasteiger partial charge on any atom is 0.326 e. The van der Waals surface area contributed by atoms with Crippen LogP contribution in [-0.4, -0.2) is 11.9 Å². The Morgan fingerprint density at radius 2 is 1.65 bits per heavy atom. The highest BCUT2D eigenvalue weighted by Crippen LogP contribution is 2.38. The molecular formula is C22H16ClF3N2O3. The first-order valence-corrected chi connectivity index (χ1v) is 9.34. The van der Waals surface area contributed by atoms with Gasteiger partial charge in [-0.15, -0.1) is 0 Å². The molecular weight excluding hydrogens is 433 g/mol. The van der Waals surface area contributed by atoms with Crippen molar-refractivity contribution >= 4 is 29.2 Å². The molecule has 9 heteroatoms. The summed E-state index contributed by atoms with van der Waals surface area (Å²) in [6.07, 6.45) is 0. The normalized spacial score (nSPS) is 10.5. The van der Waals surface area contributed by atoms with Crippen LogP contribution in [0.3, 0.4) is 0 Å². The van der Waals surface area contributed by atoms with Gasteiger partial charge in [0.2, 0.25) is 0 Å². The summed E-state index contributed by atoms with van der Waals surface area (Å²) in [5.41, 5.74) is 0.880. The molecule has 3 aromatic carbocycles. The molecule has 3 amide bonds. The number of carbonyl (C=O) groups is 2. The Morgan fingerprint density at radius 3 is 2.32 bits per heavy atom. The monoisotopic (exact) mass is 448 g/mol. The van der Waals surface area contributed by atoms with Gasteiger partial charge in [0, 0.05) is 11.8 Å². The van der Waals surface area contributed by atoms with Crippen molar-refractivity contribution in [2.24, 2.45) is 0 Å². The summed E-state index contributed by atoms with van der Waals surface area (Å²) in [6.45, 7) is 3.21. The molecule has 0 aliphatic rings. The predicted octanol–water partition coefficient (Wildman–Crippen LogP) is 6.13. The number of rotatable bonds is 4. The average molecular weight is 449 g/mol. The van der Waals surface area contributed by atoms with Gasteiger partial charge in [0.15, 0.2) is 11.6 Å². The number of ether oxygens (including phenoxy) is 1. The first-order chi connectivity index (χ1) is 14.7. The molecule has 0 radical (unpaired) electrons. The maximum atomic E-state index is 13.9. The molecule has 0 atom stereocenters. The minimum Gasteiger partial charge on any atom is -0.453 e. The van der Waals surface area contributed by atoms with Crippen molar-refractivity contribution in [1.29, 1.82) is 0 Å². The molecule has 31 heavy (non-hydrogen) atoms. The Labute approximate surface area is 180 Å². The van der Waals surface area contributed by atoms with Crippen LogP contribution in [0.15, 0.2) is 48.5 Å². The van der Waals surface area contributed by atoms with Crippen LogP contribution in [0.5, 0.6) is 11.5 Å². The zero-order valence-corrected chi connectivity index (χ0v) is 17.1. The summed E-state index contributed by atoms with van der Waals surface area (Å²) >= 11 is 6.30. The van der Waals surface area contributed by atoms with E-state index in [9.17, 15) is 22.8 Å². The van der Waals surface area contributed by atoms with Gasteiger partial charge in [0.05, 0.1) is 10.6 Å². The molecule has 0 heterocycles. The summed E-state index contributed by atoms with van der Waals surface area (Å²) in [5.74, 6) is -3.47. The molecule has 0 unspecified atom stereocenters. The first kappa shape index (κ1) is 22.2. The number of anilines is 1. The van der Waals surface area contributed by atoms with E-state index in [0.717, 1.165) is 18.2 Å². The van der Waals surface area contributed by atoms with E-state index in [-0.39, 0.29) is 27.8 Å². The largest absolute Gasteiger partial charge is 0.453 e. The smallest absolute Gasteiger partial charge is 0.326 e. The van der Waals surface area contributed by atoms with Crippen LogP contribution < -0.4 is 15.4 Å². The van der Waals surface area contributed by atoms with Crippen LogP contribution in [0.1, 0.15) is 21.5 Å². The Balaban J connectivity index is 1.79. The fourth-order valence-electron chi connectivity index (χ4n) is 2.83. The van der Waals surface area contributed by atoms with Crippen molar-refractivity contribution < 1.29 is 27.5 Å². The molecule has 0 saturated heterocycles. The van der Waals surface area contributed by atoms with E-state index in [0.29, 0.717) is 17.2 Å². The van der Waals surface area contributed by atoms with Crippen LogP contribution >= 0.6 is 11.6 Å². The van der Waals surface area contributed by atoms with Crippen LogP contribution in [0.4, 0.5) is 23.7 Å². The van der Waals surface area contributed by atoms with E-state index < -0.39 is 29.4 Å². The highest BCUT2D eigenvalue weighted by Gasteiger charge is 2.19. The van der Waals surface area contributed by atoms with E-state index in [1.807, 2.05) is 5.32 Å². The van der Waals surface area contributed by atoms with E-state index in [4.69, 9.17) is 16.3 Å². The van der Waals surface area contributed by atoms with Crippen molar-refractivity contribution in [3.63, 3.8) is 0 Å². The zero-order valence-electron chi connectivity index (χ0n) is 16.4. The lowest BCUT2D eigenvalue weighted by Gasteiger charge is -2.17. The number of aryl methyl sites for hydroxylation is 1. The number of imide groups is 1. The fraction of sp³-hybridized carbons (Fsp3) is 0.0909. The lowest BCUT2D eigenvalue weighted by Crippen LogP contribution is -2.35. The molecule has 2 N–H and O–H groups in total. The quantitative estimate of drug-likeness (QED) is 0.504. The van der Waals surface area contributed by atoms with Crippen molar-refractivity contribution in [1.82, 2.24) is 5.32 Å². The van der Waals surface area contributed by atoms with Crippen molar-refractivity contribution in [2.75, 3.05) is 5.32 Å². The minimum atomic E-state index is -0.913.